The van der Waals surface area contributed by atoms with Gasteiger partial charge in [-0.3, -0.25) is 4.79 Å². The van der Waals surface area contributed by atoms with E-state index in [1.165, 1.54) is 29.6 Å². The molecule has 0 atom stereocenters. The van der Waals surface area contributed by atoms with E-state index in [2.05, 4.69) is 10.3 Å². The molecular formula is C9H11N5O3S. The van der Waals surface area contributed by atoms with E-state index in [0.29, 0.717) is 4.96 Å². The minimum Gasteiger partial charge on any atom is -0.368 e. The summed E-state index contributed by atoms with van der Waals surface area (Å²) in [5, 5.41) is 15.4. The quantitative estimate of drug-likeness (QED) is 0.634. The highest BCUT2D eigenvalue weighted by atomic mass is 32.1. The van der Waals surface area contributed by atoms with Gasteiger partial charge in [-0.1, -0.05) is 11.3 Å². The van der Waals surface area contributed by atoms with E-state index in [9.17, 15) is 14.9 Å². The van der Waals surface area contributed by atoms with Crippen molar-refractivity contribution < 1.29 is 9.72 Å². The van der Waals surface area contributed by atoms with E-state index in [-0.39, 0.29) is 11.6 Å². The number of carbonyl (C=O) groups excluding carboxylic acids is 1. The number of primary amides is 1. The summed E-state index contributed by atoms with van der Waals surface area (Å²) < 4.78 is 1.35. The van der Waals surface area contributed by atoms with Crippen LogP contribution in [0.5, 0.6) is 0 Å². The molecule has 0 aliphatic carbocycles. The summed E-state index contributed by atoms with van der Waals surface area (Å²) in [5.41, 5.74) is 4.09. The molecule has 8 nitrogen and oxygen atoms in total. The fourth-order valence-corrected chi connectivity index (χ4v) is 2.10. The number of amides is 1. The minimum atomic E-state index is -1.12. The molecule has 0 saturated carbocycles. The predicted molar refractivity (Wildman–Crippen MR) is 66.6 cm³/mol. The number of nitro groups is 1. The number of thiazole rings is 1. The highest BCUT2D eigenvalue weighted by molar-refractivity contribution is 7.15. The first kappa shape index (κ1) is 12.3. The number of aromatic nitrogens is 2. The van der Waals surface area contributed by atoms with Gasteiger partial charge in [-0.2, -0.15) is 9.38 Å². The molecule has 2 aromatic heterocycles. The number of nitrogens with one attached hydrogen (secondary N) is 1. The second-order valence-electron chi connectivity index (χ2n) is 4.21. The van der Waals surface area contributed by atoms with Crippen molar-refractivity contribution in [1.29, 1.82) is 0 Å². The second-order valence-corrected chi connectivity index (χ2v) is 5.08. The highest BCUT2D eigenvalue weighted by Gasteiger charge is 2.31. The number of anilines is 1. The molecule has 1 amide bonds. The van der Waals surface area contributed by atoms with Gasteiger partial charge in [0.1, 0.15) is 11.7 Å². The fraction of sp³-hybridized carbons (Fsp3) is 0.333. The molecule has 2 aromatic rings. The Morgan fingerprint density at radius 2 is 2.33 bits per heavy atom. The Kier molecular flexibility index (Phi) is 2.70. The van der Waals surface area contributed by atoms with Crippen LogP contribution < -0.4 is 11.1 Å². The summed E-state index contributed by atoms with van der Waals surface area (Å²) in [7, 11) is 0. The molecule has 0 bridgehead atoms. The minimum absolute atomic E-state index is 0.0376. The molecule has 0 saturated heterocycles. The summed E-state index contributed by atoms with van der Waals surface area (Å²) in [6.45, 7) is 3.07. The molecule has 0 spiro atoms. The van der Waals surface area contributed by atoms with Crippen LogP contribution >= 0.6 is 11.3 Å². The molecule has 0 aliphatic rings. The number of nitrogens with zero attached hydrogens (tertiary/aromatic N) is 3. The van der Waals surface area contributed by atoms with Crippen molar-refractivity contribution in [2.24, 2.45) is 5.73 Å². The van der Waals surface area contributed by atoms with Crippen molar-refractivity contribution in [3.8, 4) is 0 Å². The number of carbonyl (C=O) groups is 1. The molecule has 0 unspecified atom stereocenters. The zero-order valence-electron chi connectivity index (χ0n) is 9.71. The van der Waals surface area contributed by atoms with Crippen LogP contribution in [-0.2, 0) is 4.79 Å². The molecule has 2 heterocycles. The molecule has 0 fully saturated rings. The standard InChI is InChI=1S/C9H11N5O3S/c1-9(2,7(10)15)12-5-6(14(16)17)13-3-4-18-8(13)11-5/h3-4,12H,1-2H3,(H2,10,15). The smallest absolute Gasteiger partial charge is 0.368 e. The van der Waals surface area contributed by atoms with Gasteiger partial charge in [-0.05, 0) is 18.8 Å². The lowest BCUT2D eigenvalue weighted by Crippen LogP contribution is -2.45. The first-order valence-electron chi connectivity index (χ1n) is 5.01. The van der Waals surface area contributed by atoms with Crippen molar-refractivity contribution in [2.45, 2.75) is 19.4 Å². The van der Waals surface area contributed by atoms with Crippen molar-refractivity contribution in [3.63, 3.8) is 0 Å². The number of imidazole rings is 1. The number of nitrogens with two attached hydrogens (primary N) is 1. The van der Waals surface area contributed by atoms with Crippen LogP contribution in [0.1, 0.15) is 13.8 Å². The summed E-state index contributed by atoms with van der Waals surface area (Å²) in [4.78, 5) is 26.3. The fourth-order valence-electron chi connectivity index (χ4n) is 1.39. The van der Waals surface area contributed by atoms with Crippen LogP contribution in [0, 0.1) is 10.1 Å². The van der Waals surface area contributed by atoms with E-state index in [1.807, 2.05) is 0 Å². The number of fused-ring (bicyclic) bond motifs is 1. The van der Waals surface area contributed by atoms with Crippen molar-refractivity contribution in [1.82, 2.24) is 9.38 Å². The summed E-state index contributed by atoms with van der Waals surface area (Å²) in [6.07, 6.45) is 1.55. The van der Waals surface area contributed by atoms with E-state index in [4.69, 9.17) is 5.73 Å². The van der Waals surface area contributed by atoms with Gasteiger partial charge in [0.2, 0.25) is 11.7 Å². The normalized spacial score (nSPS) is 11.7. The zero-order valence-corrected chi connectivity index (χ0v) is 10.5. The Labute approximate surface area is 106 Å². The van der Waals surface area contributed by atoms with Crippen molar-refractivity contribution in [2.75, 3.05) is 5.32 Å². The van der Waals surface area contributed by atoms with Gasteiger partial charge in [0.05, 0.1) is 0 Å². The molecule has 9 heteroatoms. The van der Waals surface area contributed by atoms with Gasteiger partial charge in [0.25, 0.3) is 4.96 Å². The van der Waals surface area contributed by atoms with Crippen LogP contribution in [0.25, 0.3) is 4.96 Å². The van der Waals surface area contributed by atoms with E-state index < -0.39 is 16.4 Å². The summed E-state index contributed by atoms with van der Waals surface area (Å²) >= 11 is 1.27. The highest BCUT2D eigenvalue weighted by Crippen LogP contribution is 2.29. The first-order valence-corrected chi connectivity index (χ1v) is 5.89. The average molecular weight is 269 g/mol. The Morgan fingerprint density at radius 1 is 1.67 bits per heavy atom. The van der Waals surface area contributed by atoms with Crippen LogP contribution in [0.3, 0.4) is 0 Å². The van der Waals surface area contributed by atoms with Gasteiger partial charge in [-0.25, -0.2) is 0 Å². The van der Waals surface area contributed by atoms with E-state index in [1.54, 1.807) is 11.6 Å². The van der Waals surface area contributed by atoms with Gasteiger partial charge in [-0.15, -0.1) is 0 Å². The SMILES string of the molecule is CC(C)(Nc1nc2sccn2c1[N+](=O)[O-])C(N)=O. The van der Waals surface area contributed by atoms with Crippen molar-refractivity contribution >= 4 is 33.8 Å². The molecule has 18 heavy (non-hydrogen) atoms. The van der Waals surface area contributed by atoms with Crippen molar-refractivity contribution in [3.05, 3.63) is 21.7 Å². The Hall–Kier alpha value is -2.16. The average Bonchev–Trinajstić information content (AvgIpc) is 2.75. The molecule has 2 rings (SSSR count). The number of hydrogen-bond donors (Lipinski definition) is 2. The number of hydrogen-bond acceptors (Lipinski definition) is 6. The molecule has 0 radical (unpaired) electrons. The third-order valence-corrected chi connectivity index (χ3v) is 3.21. The largest absolute Gasteiger partial charge is 0.372 e. The topological polar surface area (TPSA) is 116 Å². The van der Waals surface area contributed by atoms with Crippen LogP contribution in [0.2, 0.25) is 0 Å². The van der Waals surface area contributed by atoms with E-state index >= 15 is 0 Å². The maximum atomic E-state index is 11.2. The lowest BCUT2D eigenvalue weighted by atomic mass is 10.1. The first-order chi connectivity index (χ1) is 8.33. The Bertz CT molecular complexity index is 629. The maximum Gasteiger partial charge on any atom is 0.372 e. The molecule has 3 N–H and O–H groups in total. The summed E-state index contributed by atoms with van der Waals surface area (Å²) in [6, 6.07) is 0. The van der Waals surface area contributed by atoms with E-state index in [0.717, 1.165) is 0 Å². The Morgan fingerprint density at radius 3 is 2.89 bits per heavy atom. The molecular weight excluding hydrogens is 258 g/mol. The van der Waals surface area contributed by atoms with Gasteiger partial charge < -0.3 is 21.2 Å². The van der Waals surface area contributed by atoms with Crippen LogP contribution in [0.15, 0.2) is 11.6 Å². The number of rotatable bonds is 4. The van der Waals surface area contributed by atoms with Gasteiger partial charge in [0.15, 0.2) is 0 Å². The van der Waals surface area contributed by atoms with Crippen LogP contribution in [-0.4, -0.2) is 25.8 Å². The third kappa shape index (κ3) is 1.88. The predicted octanol–water partition coefficient (Wildman–Crippen LogP) is 0.980. The molecule has 96 valence electrons. The third-order valence-electron chi connectivity index (χ3n) is 2.46. The van der Waals surface area contributed by atoms with Gasteiger partial charge >= 0.3 is 5.82 Å². The molecule has 0 aliphatic heterocycles. The van der Waals surface area contributed by atoms with Gasteiger partial charge in [0, 0.05) is 5.38 Å². The monoisotopic (exact) mass is 269 g/mol. The summed E-state index contributed by atoms with van der Waals surface area (Å²) in [5.74, 6) is -0.788. The maximum absolute atomic E-state index is 11.2. The van der Waals surface area contributed by atoms with Crippen LogP contribution in [0.4, 0.5) is 11.6 Å². The Balaban J connectivity index is 2.51. The zero-order chi connectivity index (χ0) is 13.5. The second kappa shape index (κ2) is 3.95. The lowest BCUT2D eigenvalue weighted by Gasteiger charge is -2.21. The molecule has 0 aromatic carbocycles. The lowest BCUT2D eigenvalue weighted by molar-refractivity contribution is -0.389.